The van der Waals surface area contributed by atoms with E-state index in [-0.39, 0.29) is 24.3 Å². The number of hydrogen-bond acceptors (Lipinski definition) is 4. The van der Waals surface area contributed by atoms with Crippen molar-refractivity contribution in [3.05, 3.63) is 108 Å². The molecular formula is C31H27N3O4. The molecule has 0 radical (unpaired) electrons. The Hall–Kier alpha value is -4.78. The lowest BCUT2D eigenvalue weighted by Crippen LogP contribution is -2.44. The zero-order valence-corrected chi connectivity index (χ0v) is 21.1. The summed E-state index contributed by atoms with van der Waals surface area (Å²) in [5.74, 6) is -1.74. The molecule has 0 bridgehead atoms. The summed E-state index contributed by atoms with van der Waals surface area (Å²) in [6, 6.07) is 25.5. The molecule has 1 atom stereocenters. The Bertz CT molecular complexity index is 1500. The lowest BCUT2D eigenvalue weighted by Gasteiger charge is -2.27. The van der Waals surface area contributed by atoms with E-state index in [0.29, 0.717) is 22.5 Å². The van der Waals surface area contributed by atoms with Gasteiger partial charge >= 0.3 is 5.97 Å². The van der Waals surface area contributed by atoms with Crippen molar-refractivity contribution in [1.82, 2.24) is 9.88 Å². The molecule has 2 heterocycles. The number of anilines is 1. The van der Waals surface area contributed by atoms with E-state index in [4.69, 9.17) is 0 Å². The molecule has 0 aliphatic carbocycles. The van der Waals surface area contributed by atoms with Gasteiger partial charge in [-0.3, -0.25) is 14.6 Å². The Labute approximate surface area is 220 Å². The zero-order valence-electron chi connectivity index (χ0n) is 21.1. The molecule has 7 heteroatoms. The van der Waals surface area contributed by atoms with Crippen LogP contribution in [0.15, 0.2) is 91.1 Å². The summed E-state index contributed by atoms with van der Waals surface area (Å²) >= 11 is 0. The Kier molecular flexibility index (Phi) is 6.75. The number of carbonyl (C=O) groups is 3. The lowest BCUT2D eigenvalue weighted by molar-refractivity contribution is -0.144. The van der Waals surface area contributed by atoms with E-state index in [1.54, 1.807) is 50.4 Å². The molecule has 3 aromatic carbocycles. The van der Waals surface area contributed by atoms with E-state index >= 15 is 0 Å². The number of carboxylic acid groups (broad SMARTS) is 1. The van der Waals surface area contributed by atoms with Crippen LogP contribution in [0.3, 0.4) is 0 Å². The number of fused-ring (bicyclic) bond motifs is 1. The minimum Gasteiger partial charge on any atom is -0.480 e. The van der Waals surface area contributed by atoms with E-state index in [1.807, 2.05) is 54.6 Å². The molecule has 1 aliphatic rings. The van der Waals surface area contributed by atoms with Gasteiger partial charge in [0.25, 0.3) is 11.8 Å². The highest BCUT2D eigenvalue weighted by molar-refractivity contribution is 6.04. The number of carbonyl (C=O) groups excluding carboxylic acids is 2. The summed E-state index contributed by atoms with van der Waals surface area (Å²) in [6.07, 6.45) is 1.58. The van der Waals surface area contributed by atoms with Crippen molar-refractivity contribution in [2.45, 2.75) is 26.4 Å². The maximum atomic E-state index is 13.0. The molecule has 1 aliphatic heterocycles. The average molecular weight is 506 g/mol. The second-order valence-corrected chi connectivity index (χ2v) is 9.66. The summed E-state index contributed by atoms with van der Waals surface area (Å²) in [5, 5.41) is 12.5. The molecule has 0 saturated carbocycles. The van der Waals surface area contributed by atoms with Crippen molar-refractivity contribution >= 4 is 23.5 Å². The van der Waals surface area contributed by atoms with Gasteiger partial charge in [0.05, 0.1) is 17.6 Å². The molecule has 2 amide bonds. The van der Waals surface area contributed by atoms with Crippen LogP contribution in [0.2, 0.25) is 0 Å². The van der Waals surface area contributed by atoms with E-state index < -0.39 is 12.0 Å². The molecule has 0 fully saturated rings. The van der Waals surface area contributed by atoms with Gasteiger partial charge in [-0.15, -0.1) is 0 Å². The highest BCUT2D eigenvalue weighted by atomic mass is 16.4. The van der Waals surface area contributed by atoms with Gasteiger partial charge in [0, 0.05) is 23.2 Å². The van der Waals surface area contributed by atoms with Gasteiger partial charge in [-0.2, -0.15) is 0 Å². The number of nitrogens with zero attached hydrogens (tertiary/aromatic N) is 2. The highest BCUT2D eigenvalue weighted by Crippen LogP contribution is 2.31. The fourth-order valence-corrected chi connectivity index (χ4v) is 4.77. The number of amides is 2. The molecule has 0 spiro atoms. The normalized spacial score (nSPS) is 13.3. The first-order valence-electron chi connectivity index (χ1n) is 12.4. The molecular weight excluding hydrogens is 478 g/mol. The largest absolute Gasteiger partial charge is 0.480 e. The Balaban J connectivity index is 1.28. The third kappa shape index (κ3) is 4.91. The standard InChI is InChI=1S/C31H27N3O4/c1-19(2)28(31(37)38)34-18-24-13-12-23(16-26(24)30(34)36)27-15-14-25(17-32-27)33-29(35)22-10-8-21(9-11-22)20-6-4-3-5-7-20/h3-17,19,28H,18H2,1-2H3,(H,33,35)(H,37,38)/t28-/m0/s1. The molecule has 7 nitrogen and oxygen atoms in total. The number of carboxylic acids is 1. The van der Waals surface area contributed by atoms with Gasteiger partial charge in [0.2, 0.25) is 0 Å². The van der Waals surface area contributed by atoms with Gasteiger partial charge < -0.3 is 15.3 Å². The van der Waals surface area contributed by atoms with E-state index in [0.717, 1.165) is 22.3 Å². The first-order chi connectivity index (χ1) is 18.3. The quantitative estimate of drug-likeness (QED) is 0.334. The summed E-state index contributed by atoms with van der Waals surface area (Å²) in [6.45, 7) is 3.86. The van der Waals surface area contributed by atoms with Crippen LogP contribution in [0.4, 0.5) is 5.69 Å². The van der Waals surface area contributed by atoms with Crippen LogP contribution >= 0.6 is 0 Å². The molecule has 5 rings (SSSR count). The molecule has 0 unspecified atom stereocenters. The summed E-state index contributed by atoms with van der Waals surface area (Å²) in [5.41, 5.74) is 5.88. The van der Waals surface area contributed by atoms with E-state index in [1.165, 1.54) is 4.90 Å². The third-order valence-corrected chi connectivity index (χ3v) is 6.73. The van der Waals surface area contributed by atoms with Crippen LogP contribution in [0.25, 0.3) is 22.4 Å². The topological polar surface area (TPSA) is 99.6 Å². The SMILES string of the molecule is CC(C)[C@@H](C(=O)O)N1Cc2ccc(-c3ccc(NC(=O)c4ccc(-c5ccccc5)cc4)cn3)cc2C1=O. The molecule has 2 N–H and O–H groups in total. The average Bonchev–Trinajstić information content (AvgIpc) is 3.24. The maximum absolute atomic E-state index is 13.0. The minimum absolute atomic E-state index is 0.212. The Morgan fingerprint density at radius 1 is 0.895 bits per heavy atom. The van der Waals surface area contributed by atoms with Gasteiger partial charge in [-0.05, 0) is 52.9 Å². The molecule has 1 aromatic heterocycles. The monoisotopic (exact) mass is 505 g/mol. The van der Waals surface area contributed by atoms with Gasteiger partial charge in [-0.25, -0.2) is 4.79 Å². The van der Waals surface area contributed by atoms with Crippen molar-refractivity contribution in [3.8, 4) is 22.4 Å². The zero-order chi connectivity index (χ0) is 26.8. The van der Waals surface area contributed by atoms with Crippen LogP contribution in [-0.4, -0.2) is 38.8 Å². The number of rotatable bonds is 7. The number of aromatic nitrogens is 1. The summed E-state index contributed by atoms with van der Waals surface area (Å²) in [7, 11) is 0. The van der Waals surface area contributed by atoms with Gasteiger partial charge in [0.1, 0.15) is 6.04 Å². The van der Waals surface area contributed by atoms with Crippen molar-refractivity contribution < 1.29 is 19.5 Å². The van der Waals surface area contributed by atoms with Crippen molar-refractivity contribution in [2.24, 2.45) is 5.92 Å². The smallest absolute Gasteiger partial charge is 0.326 e. The third-order valence-electron chi connectivity index (χ3n) is 6.73. The highest BCUT2D eigenvalue weighted by Gasteiger charge is 2.38. The van der Waals surface area contributed by atoms with Crippen LogP contribution in [0.5, 0.6) is 0 Å². The first kappa shape index (κ1) is 24.9. The van der Waals surface area contributed by atoms with Crippen LogP contribution in [-0.2, 0) is 11.3 Å². The second kappa shape index (κ2) is 10.3. The second-order valence-electron chi connectivity index (χ2n) is 9.66. The Morgan fingerprint density at radius 3 is 2.21 bits per heavy atom. The molecule has 0 saturated heterocycles. The predicted molar refractivity (Wildman–Crippen MR) is 146 cm³/mol. The van der Waals surface area contributed by atoms with Gasteiger partial charge in [0.15, 0.2) is 0 Å². The summed E-state index contributed by atoms with van der Waals surface area (Å²) in [4.78, 5) is 43.4. The van der Waals surface area contributed by atoms with Crippen molar-refractivity contribution in [1.29, 1.82) is 0 Å². The lowest BCUT2D eigenvalue weighted by atomic mass is 10.0. The Morgan fingerprint density at radius 2 is 1.58 bits per heavy atom. The number of nitrogens with one attached hydrogen (secondary N) is 1. The van der Waals surface area contributed by atoms with Gasteiger partial charge in [-0.1, -0.05) is 68.4 Å². The molecule has 4 aromatic rings. The fraction of sp³-hybridized carbons (Fsp3) is 0.161. The molecule has 190 valence electrons. The number of hydrogen-bond donors (Lipinski definition) is 2. The number of aliphatic carboxylic acids is 1. The van der Waals surface area contributed by atoms with Crippen LogP contribution in [0.1, 0.15) is 40.1 Å². The minimum atomic E-state index is -1.01. The van der Waals surface area contributed by atoms with Crippen molar-refractivity contribution in [2.75, 3.05) is 5.32 Å². The molecule has 38 heavy (non-hydrogen) atoms. The first-order valence-corrected chi connectivity index (χ1v) is 12.4. The number of pyridine rings is 1. The van der Waals surface area contributed by atoms with E-state index in [2.05, 4.69) is 10.3 Å². The van der Waals surface area contributed by atoms with Crippen LogP contribution in [0, 0.1) is 5.92 Å². The van der Waals surface area contributed by atoms with E-state index in [9.17, 15) is 19.5 Å². The summed E-state index contributed by atoms with van der Waals surface area (Å²) < 4.78 is 0. The number of benzene rings is 3. The predicted octanol–water partition coefficient (Wildman–Crippen LogP) is 5.73. The maximum Gasteiger partial charge on any atom is 0.326 e. The van der Waals surface area contributed by atoms with Crippen molar-refractivity contribution in [3.63, 3.8) is 0 Å². The van der Waals surface area contributed by atoms with Crippen LogP contribution < -0.4 is 5.32 Å². The fourth-order valence-electron chi connectivity index (χ4n) is 4.77.